The molecular formula is C10H10N6S. The average molecular weight is 246 g/mol. The van der Waals surface area contributed by atoms with Gasteiger partial charge in [-0.05, 0) is 6.92 Å². The fourth-order valence-corrected chi connectivity index (χ4v) is 2.18. The molecular weight excluding hydrogens is 236 g/mol. The van der Waals surface area contributed by atoms with Crippen LogP contribution in [0.2, 0.25) is 0 Å². The third-order valence-corrected chi connectivity index (χ3v) is 3.14. The summed E-state index contributed by atoms with van der Waals surface area (Å²) in [6, 6.07) is 1.89. The predicted octanol–water partition coefficient (Wildman–Crippen LogP) is 1.06. The van der Waals surface area contributed by atoms with Crippen molar-refractivity contribution in [2.45, 2.75) is 13.3 Å². The van der Waals surface area contributed by atoms with Gasteiger partial charge in [-0.3, -0.25) is 4.40 Å². The predicted molar refractivity (Wildman–Crippen MR) is 64.9 cm³/mol. The fourth-order valence-electron chi connectivity index (χ4n) is 1.62. The number of thiazole rings is 1. The Bertz CT molecular complexity index is 670. The van der Waals surface area contributed by atoms with Crippen LogP contribution in [0.3, 0.4) is 0 Å². The molecule has 7 heteroatoms. The second kappa shape index (κ2) is 3.77. The summed E-state index contributed by atoms with van der Waals surface area (Å²) in [5, 5.41) is 10.7. The zero-order valence-electron chi connectivity index (χ0n) is 9.16. The maximum Gasteiger partial charge on any atom is 0.180 e. The van der Waals surface area contributed by atoms with Crippen molar-refractivity contribution in [3.63, 3.8) is 0 Å². The first-order valence-electron chi connectivity index (χ1n) is 5.08. The fraction of sp³-hybridized carbons (Fsp3) is 0.200. The second-order valence-electron chi connectivity index (χ2n) is 3.73. The van der Waals surface area contributed by atoms with Crippen LogP contribution in [0.1, 0.15) is 17.2 Å². The Morgan fingerprint density at radius 3 is 3.06 bits per heavy atom. The molecule has 0 bridgehead atoms. The van der Waals surface area contributed by atoms with E-state index in [1.54, 1.807) is 6.33 Å². The SMILES string of the molecule is Cc1cc2nnc(Cc3csc(N)n3)n2cn1. The van der Waals surface area contributed by atoms with Gasteiger partial charge in [0, 0.05) is 17.1 Å². The standard InChI is InChI=1S/C10H10N6S/c1-6-2-8-14-15-9(16(8)5-12-6)3-7-4-17-10(11)13-7/h2,4-5H,3H2,1H3,(H2,11,13). The lowest BCUT2D eigenvalue weighted by Gasteiger charge is -1.97. The van der Waals surface area contributed by atoms with E-state index in [4.69, 9.17) is 5.73 Å². The highest BCUT2D eigenvalue weighted by atomic mass is 32.1. The van der Waals surface area contributed by atoms with Crippen molar-refractivity contribution in [1.29, 1.82) is 0 Å². The average Bonchev–Trinajstić information content (AvgIpc) is 2.86. The molecule has 6 nitrogen and oxygen atoms in total. The van der Waals surface area contributed by atoms with E-state index in [-0.39, 0.29) is 0 Å². The number of nitrogen functional groups attached to an aromatic ring is 1. The molecule has 3 aromatic heterocycles. The second-order valence-corrected chi connectivity index (χ2v) is 4.62. The van der Waals surface area contributed by atoms with Gasteiger partial charge in [-0.2, -0.15) is 0 Å². The van der Waals surface area contributed by atoms with Crippen LogP contribution in [0, 0.1) is 6.92 Å². The number of fused-ring (bicyclic) bond motifs is 1. The molecule has 0 amide bonds. The largest absolute Gasteiger partial charge is 0.375 e. The zero-order valence-corrected chi connectivity index (χ0v) is 9.98. The smallest absolute Gasteiger partial charge is 0.180 e. The molecule has 0 spiro atoms. The molecule has 0 aliphatic rings. The van der Waals surface area contributed by atoms with E-state index in [1.807, 2.05) is 22.8 Å². The number of aryl methyl sites for hydroxylation is 1. The molecule has 3 rings (SSSR count). The lowest BCUT2D eigenvalue weighted by molar-refractivity contribution is 0.900. The van der Waals surface area contributed by atoms with Gasteiger partial charge in [0.05, 0.1) is 12.1 Å². The summed E-state index contributed by atoms with van der Waals surface area (Å²) in [5.74, 6) is 0.817. The van der Waals surface area contributed by atoms with Gasteiger partial charge >= 0.3 is 0 Å². The Kier molecular flexibility index (Phi) is 2.25. The molecule has 86 valence electrons. The highest BCUT2D eigenvalue weighted by Crippen LogP contribution is 2.14. The third kappa shape index (κ3) is 1.84. The van der Waals surface area contributed by atoms with Crippen molar-refractivity contribution in [2.24, 2.45) is 0 Å². The highest BCUT2D eigenvalue weighted by Gasteiger charge is 2.08. The van der Waals surface area contributed by atoms with Gasteiger partial charge in [-0.15, -0.1) is 21.5 Å². The number of rotatable bonds is 2. The van der Waals surface area contributed by atoms with Crippen molar-refractivity contribution in [2.75, 3.05) is 5.73 Å². The molecule has 0 aromatic carbocycles. The summed E-state index contributed by atoms with van der Waals surface area (Å²) in [4.78, 5) is 8.43. The summed E-state index contributed by atoms with van der Waals surface area (Å²) >= 11 is 1.43. The molecule has 0 atom stereocenters. The monoisotopic (exact) mass is 246 g/mol. The van der Waals surface area contributed by atoms with Crippen LogP contribution in [0.5, 0.6) is 0 Å². The van der Waals surface area contributed by atoms with Gasteiger partial charge in [0.2, 0.25) is 0 Å². The first-order valence-corrected chi connectivity index (χ1v) is 5.96. The number of anilines is 1. The Hall–Kier alpha value is -2.02. The van der Waals surface area contributed by atoms with E-state index < -0.39 is 0 Å². The summed E-state index contributed by atoms with van der Waals surface area (Å²) < 4.78 is 1.86. The van der Waals surface area contributed by atoms with E-state index in [1.165, 1.54) is 11.3 Å². The lowest BCUT2D eigenvalue weighted by Crippen LogP contribution is -1.98. The minimum absolute atomic E-state index is 0.572. The van der Waals surface area contributed by atoms with Crippen molar-refractivity contribution >= 4 is 22.1 Å². The van der Waals surface area contributed by atoms with Crippen molar-refractivity contribution in [3.8, 4) is 0 Å². The molecule has 3 heterocycles. The summed E-state index contributed by atoms with van der Waals surface area (Å²) in [7, 11) is 0. The van der Waals surface area contributed by atoms with Crippen LogP contribution in [-0.2, 0) is 6.42 Å². The summed E-state index contributed by atoms with van der Waals surface area (Å²) in [6.45, 7) is 1.93. The number of nitrogens with zero attached hydrogens (tertiary/aromatic N) is 5. The Morgan fingerprint density at radius 2 is 2.29 bits per heavy atom. The van der Waals surface area contributed by atoms with E-state index >= 15 is 0 Å². The van der Waals surface area contributed by atoms with E-state index in [0.29, 0.717) is 11.6 Å². The molecule has 3 aromatic rings. The van der Waals surface area contributed by atoms with E-state index in [2.05, 4.69) is 20.2 Å². The Balaban J connectivity index is 2.00. The van der Waals surface area contributed by atoms with Crippen LogP contribution >= 0.6 is 11.3 Å². The molecule has 0 fully saturated rings. The van der Waals surface area contributed by atoms with Crippen molar-refractivity contribution < 1.29 is 0 Å². The third-order valence-electron chi connectivity index (χ3n) is 2.42. The quantitative estimate of drug-likeness (QED) is 0.731. The van der Waals surface area contributed by atoms with E-state index in [9.17, 15) is 0 Å². The van der Waals surface area contributed by atoms with Crippen LogP contribution in [0.25, 0.3) is 5.65 Å². The van der Waals surface area contributed by atoms with Crippen molar-refractivity contribution in [3.05, 3.63) is 35.0 Å². The first kappa shape index (κ1) is 10.2. The Labute approximate surface area is 101 Å². The van der Waals surface area contributed by atoms with E-state index in [0.717, 1.165) is 22.9 Å². The lowest BCUT2D eigenvalue weighted by atomic mass is 10.3. The van der Waals surface area contributed by atoms with Gasteiger partial charge in [0.1, 0.15) is 12.2 Å². The molecule has 2 N–H and O–H groups in total. The summed E-state index contributed by atoms with van der Waals surface area (Å²) in [5.41, 5.74) is 8.22. The van der Waals surface area contributed by atoms with Gasteiger partial charge in [-0.25, -0.2) is 9.97 Å². The van der Waals surface area contributed by atoms with Crippen LogP contribution in [0.15, 0.2) is 17.8 Å². The van der Waals surface area contributed by atoms with Crippen LogP contribution < -0.4 is 5.73 Å². The molecule has 0 saturated heterocycles. The molecule has 0 aliphatic heterocycles. The minimum atomic E-state index is 0.572. The summed E-state index contributed by atoms with van der Waals surface area (Å²) in [6.07, 6.45) is 2.34. The van der Waals surface area contributed by atoms with Gasteiger partial charge in [0.25, 0.3) is 0 Å². The first-order chi connectivity index (χ1) is 8.22. The normalized spacial score (nSPS) is 11.1. The number of hydrogen-bond donors (Lipinski definition) is 1. The van der Waals surface area contributed by atoms with Gasteiger partial charge < -0.3 is 5.73 Å². The molecule has 0 radical (unpaired) electrons. The van der Waals surface area contributed by atoms with Gasteiger partial charge in [0.15, 0.2) is 10.8 Å². The number of hydrogen-bond acceptors (Lipinski definition) is 6. The maximum absolute atomic E-state index is 5.59. The maximum atomic E-state index is 5.59. The topological polar surface area (TPSA) is 82.0 Å². The van der Waals surface area contributed by atoms with Crippen LogP contribution in [0.4, 0.5) is 5.13 Å². The molecule has 17 heavy (non-hydrogen) atoms. The minimum Gasteiger partial charge on any atom is -0.375 e. The highest BCUT2D eigenvalue weighted by molar-refractivity contribution is 7.13. The number of nitrogens with two attached hydrogens (primary N) is 1. The zero-order chi connectivity index (χ0) is 11.8. The van der Waals surface area contributed by atoms with Crippen molar-refractivity contribution in [1.82, 2.24) is 24.6 Å². The van der Waals surface area contributed by atoms with Crippen LogP contribution in [-0.4, -0.2) is 24.6 Å². The molecule has 0 saturated carbocycles. The van der Waals surface area contributed by atoms with Gasteiger partial charge in [-0.1, -0.05) is 0 Å². The molecule has 0 unspecified atom stereocenters. The molecule has 0 aliphatic carbocycles. The Morgan fingerprint density at radius 1 is 1.41 bits per heavy atom. The number of aromatic nitrogens is 5.